The molecule has 1 aromatic heterocycles. The lowest BCUT2D eigenvalue weighted by molar-refractivity contribution is -0.0435. The lowest BCUT2D eigenvalue weighted by Gasteiger charge is -2.37. The molecule has 17 heteroatoms. The number of nitrogens with zero attached hydrogens (tertiary/aromatic N) is 4. The van der Waals surface area contributed by atoms with E-state index < -0.39 is 26.1 Å². The highest BCUT2D eigenvalue weighted by molar-refractivity contribution is 8.00. The lowest BCUT2D eigenvalue weighted by atomic mass is 9.98. The topological polar surface area (TPSA) is 93.1 Å². The molecule has 3 N–H and O–H groups in total. The van der Waals surface area contributed by atoms with E-state index in [9.17, 15) is 26.8 Å². The van der Waals surface area contributed by atoms with Crippen LogP contribution in [0.15, 0.2) is 130 Å². The van der Waals surface area contributed by atoms with Gasteiger partial charge in [0.2, 0.25) is 0 Å². The van der Waals surface area contributed by atoms with Gasteiger partial charge in [0.05, 0.1) is 17.1 Å². The van der Waals surface area contributed by atoms with Crippen molar-refractivity contribution in [2.24, 2.45) is 0 Å². The molecule has 0 atom stereocenters. The summed E-state index contributed by atoms with van der Waals surface area (Å²) in [6.45, 7) is 8.87. The predicted molar refractivity (Wildman–Crippen MR) is 251 cm³/mol. The summed E-state index contributed by atoms with van der Waals surface area (Å²) in [6.07, 6.45) is 0. The van der Waals surface area contributed by atoms with Crippen molar-refractivity contribution in [3.63, 3.8) is 0 Å². The number of hydroxylamine groups is 1. The molecule has 0 saturated carbocycles. The number of hydrogen-bond acceptors (Lipinski definition) is 10. The number of sulfone groups is 1. The third-order valence-corrected chi connectivity index (χ3v) is 14.3. The second kappa shape index (κ2) is 19.4. The van der Waals surface area contributed by atoms with Gasteiger partial charge >= 0.3 is 5.51 Å². The molecule has 0 bridgehead atoms. The molecule has 5 aromatic carbocycles. The number of anilines is 5. The van der Waals surface area contributed by atoms with E-state index in [2.05, 4.69) is 38.3 Å². The smallest absolute Gasteiger partial charge is 0.383 e. The second-order valence-electron chi connectivity index (χ2n) is 15.3. The summed E-state index contributed by atoms with van der Waals surface area (Å²) in [5.74, 6) is 0.119. The first kappa shape index (κ1) is 46.0. The number of rotatable bonds is 15. The molecular weight excluding hydrogens is 892 g/mol. The van der Waals surface area contributed by atoms with Crippen LogP contribution in [0.1, 0.15) is 25.6 Å². The van der Waals surface area contributed by atoms with Crippen LogP contribution in [0.4, 0.5) is 46.0 Å². The van der Waals surface area contributed by atoms with Crippen molar-refractivity contribution in [2.75, 3.05) is 70.4 Å². The number of nitrogens with one attached hydrogen (secondary N) is 2. The summed E-state index contributed by atoms with van der Waals surface area (Å²) in [5, 5.41) is 15.5. The first-order valence-electron chi connectivity index (χ1n) is 20.2. The zero-order valence-electron chi connectivity index (χ0n) is 35.0. The average Bonchev–Trinajstić information content (AvgIpc) is 3.58. The number of benzene rings is 5. The minimum atomic E-state index is -5.63. The zero-order chi connectivity index (χ0) is 45.1. The van der Waals surface area contributed by atoms with Gasteiger partial charge in [0.1, 0.15) is 10.7 Å². The monoisotopic (exact) mass is 938 g/mol. The van der Waals surface area contributed by atoms with Gasteiger partial charge < -0.3 is 24.4 Å². The van der Waals surface area contributed by atoms with Gasteiger partial charge in [-0.25, -0.2) is 12.8 Å². The van der Waals surface area contributed by atoms with Gasteiger partial charge in [-0.05, 0) is 129 Å². The highest BCUT2D eigenvalue weighted by Crippen LogP contribution is 2.46. The Kier molecular flexibility index (Phi) is 14.2. The highest BCUT2D eigenvalue weighted by atomic mass is 35.5. The Morgan fingerprint density at radius 2 is 1.48 bits per heavy atom. The fourth-order valence-corrected chi connectivity index (χ4v) is 10.4. The largest absolute Gasteiger partial charge is 0.501 e. The van der Waals surface area contributed by atoms with Gasteiger partial charge in [-0.3, -0.25) is 10.3 Å². The third-order valence-electron chi connectivity index (χ3n) is 10.7. The molecule has 1 saturated heterocycles. The summed E-state index contributed by atoms with van der Waals surface area (Å²) in [7, 11) is -4.06. The lowest BCUT2D eigenvalue weighted by Crippen LogP contribution is -2.46. The quantitative estimate of drug-likeness (QED) is 0.0304. The highest BCUT2D eigenvalue weighted by Gasteiger charge is 2.48. The molecule has 0 spiro atoms. The van der Waals surface area contributed by atoms with E-state index >= 15 is 4.39 Å². The van der Waals surface area contributed by atoms with Crippen molar-refractivity contribution in [2.45, 2.75) is 47.0 Å². The van der Waals surface area contributed by atoms with Crippen molar-refractivity contribution >= 4 is 73.6 Å². The van der Waals surface area contributed by atoms with Crippen LogP contribution in [-0.4, -0.2) is 69.2 Å². The standard InChI is InChI=1S/C46H47ClF4N6O3S3/c1-30(2)57-31(3)44(54(4)58)43(45(57)32-10-12-34(47)13-11-32)33-26-35(48)28-38(27-33)56-23-21-55(22-24-56)37-16-14-36(15-17-37)53-62-40-18-19-41(42(29-40)63(59,60)46(49,50)51)52-20-25-61-39-8-6-5-7-9-39/h5-19,26-30,52-53,58H,20-25H2,1-4H3. The fourth-order valence-electron chi connectivity index (χ4n) is 7.81. The van der Waals surface area contributed by atoms with E-state index in [0.29, 0.717) is 59.5 Å². The summed E-state index contributed by atoms with van der Waals surface area (Å²) < 4.78 is 87.4. The van der Waals surface area contributed by atoms with Gasteiger partial charge in [-0.1, -0.05) is 41.9 Å². The van der Waals surface area contributed by atoms with E-state index in [1.807, 2.05) is 91.9 Å². The molecule has 332 valence electrons. The molecule has 9 nitrogen and oxygen atoms in total. The van der Waals surface area contributed by atoms with Crippen LogP contribution >= 0.6 is 35.3 Å². The predicted octanol–water partition coefficient (Wildman–Crippen LogP) is 12.3. The van der Waals surface area contributed by atoms with Crippen molar-refractivity contribution in [3.8, 4) is 22.4 Å². The summed E-state index contributed by atoms with van der Waals surface area (Å²) in [4.78, 5) is 4.81. The SMILES string of the molecule is Cc1c(N(C)O)c(-c2cc(F)cc(N3CCN(c4ccc(NSc5ccc(NCCSc6ccccc6)c(S(=O)(=O)C(F)(F)F)c5)cc4)CC3)c2)c(-c2ccc(Cl)cc2)n1C(C)C. The van der Waals surface area contributed by atoms with E-state index in [1.54, 1.807) is 13.1 Å². The number of alkyl halides is 3. The van der Waals surface area contributed by atoms with Gasteiger partial charge in [0.25, 0.3) is 9.84 Å². The molecule has 1 aliphatic rings. The van der Waals surface area contributed by atoms with Crippen molar-refractivity contribution in [3.05, 3.63) is 132 Å². The number of piperazine rings is 1. The summed E-state index contributed by atoms with van der Waals surface area (Å²) in [5.41, 5.74) is 1.27. The molecule has 0 unspecified atom stereocenters. The maximum atomic E-state index is 15.6. The van der Waals surface area contributed by atoms with Gasteiger partial charge in [0, 0.05) is 94.7 Å². The molecule has 0 amide bonds. The number of hydrogen-bond donors (Lipinski definition) is 3. The van der Waals surface area contributed by atoms with Crippen LogP contribution in [0.5, 0.6) is 0 Å². The molecule has 63 heavy (non-hydrogen) atoms. The van der Waals surface area contributed by atoms with Crippen LogP contribution in [0.2, 0.25) is 5.02 Å². The molecule has 2 heterocycles. The number of thioether (sulfide) groups is 1. The zero-order valence-corrected chi connectivity index (χ0v) is 38.2. The van der Waals surface area contributed by atoms with Crippen LogP contribution in [0, 0.1) is 12.7 Å². The van der Waals surface area contributed by atoms with Crippen molar-refractivity contribution in [1.82, 2.24) is 4.57 Å². The third kappa shape index (κ3) is 10.4. The molecule has 0 radical (unpaired) electrons. The van der Waals surface area contributed by atoms with Gasteiger partial charge in [-0.2, -0.15) is 13.2 Å². The average molecular weight is 940 g/mol. The molecule has 1 aliphatic heterocycles. The molecule has 0 aliphatic carbocycles. The van der Waals surface area contributed by atoms with Crippen LogP contribution < -0.4 is 24.9 Å². The number of halogens is 5. The Morgan fingerprint density at radius 3 is 2.10 bits per heavy atom. The normalized spacial score (nSPS) is 13.4. The Hall–Kier alpha value is -5.00. The van der Waals surface area contributed by atoms with Crippen LogP contribution in [-0.2, 0) is 9.84 Å². The van der Waals surface area contributed by atoms with E-state index in [0.717, 1.165) is 56.3 Å². The maximum Gasteiger partial charge on any atom is 0.501 e. The Bertz CT molecular complexity index is 2640. The molecule has 7 rings (SSSR count). The molecule has 1 fully saturated rings. The van der Waals surface area contributed by atoms with Gasteiger partial charge in [0.15, 0.2) is 0 Å². The van der Waals surface area contributed by atoms with E-state index in [1.165, 1.54) is 30.0 Å². The fraction of sp³-hybridized carbons (Fsp3) is 0.261. The Labute approximate surface area is 379 Å². The minimum Gasteiger partial charge on any atom is -0.383 e. The molecule has 6 aromatic rings. The van der Waals surface area contributed by atoms with Crippen molar-refractivity contribution in [1.29, 1.82) is 0 Å². The molecular formula is C46H47ClF4N6O3S3. The second-order valence-corrected chi connectivity index (χ2v) is 19.7. The van der Waals surface area contributed by atoms with Crippen molar-refractivity contribution < 1.29 is 31.2 Å². The van der Waals surface area contributed by atoms with Crippen LogP contribution in [0.3, 0.4) is 0 Å². The minimum absolute atomic E-state index is 0.0363. The van der Waals surface area contributed by atoms with Crippen LogP contribution in [0.25, 0.3) is 22.4 Å². The van der Waals surface area contributed by atoms with Gasteiger partial charge in [-0.15, -0.1) is 11.8 Å². The Balaban J connectivity index is 1.02. The summed E-state index contributed by atoms with van der Waals surface area (Å²) in [6, 6.07) is 33.6. The first-order valence-corrected chi connectivity index (χ1v) is 23.8. The van der Waals surface area contributed by atoms with E-state index in [-0.39, 0.29) is 23.2 Å². The first-order chi connectivity index (χ1) is 30.0. The summed E-state index contributed by atoms with van der Waals surface area (Å²) >= 11 is 8.77. The maximum absolute atomic E-state index is 15.6. The Morgan fingerprint density at radius 1 is 0.825 bits per heavy atom. The van der Waals surface area contributed by atoms with E-state index in [4.69, 9.17) is 11.6 Å². The number of aromatic nitrogens is 1.